The van der Waals surface area contributed by atoms with Crippen LogP contribution in [-0.2, 0) is 20.9 Å². The number of hydrogen-bond donors (Lipinski definition) is 5. The van der Waals surface area contributed by atoms with Gasteiger partial charge in [-0.25, -0.2) is 4.79 Å². The second-order valence-electron chi connectivity index (χ2n) is 6.59. The number of aliphatic hydroxyl groups is 4. The molecule has 0 aromatic heterocycles. The van der Waals surface area contributed by atoms with E-state index < -0.39 is 36.9 Å². The van der Waals surface area contributed by atoms with Gasteiger partial charge in [0.15, 0.2) is 0 Å². The molecule has 5 atom stereocenters. The molecule has 5 N–H and O–H groups in total. The first-order valence-electron chi connectivity index (χ1n) is 9.12. The van der Waals surface area contributed by atoms with Crippen molar-refractivity contribution in [1.29, 1.82) is 0 Å². The summed E-state index contributed by atoms with van der Waals surface area (Å²) in [7, 11) is 0. The minimum atomic E-state index is -1.71. The average Bonchev–Trinajstić information content (AvgIpc) is 2.75. The maximum Gasteiger partial charge on any atom is 0.333 e. The Kier molecular flexibility index (Phi) is 7.03. The highest BCUT2D eigenvalue weighted by Gasteiger charge is 2.46. The molecule has 0 unspecified atom stereocenters. The summed E-state index contributed by atoms with van der Waals surface area (Å²) >= 11 is 0. The van der Waals surface area contributed by atoms with E-state index in [9.17, 15) is 30.3 Å². The molecule has 1 heterocycles. The van der Waals surface area contributed by atoms with E-state index in [0.717, 1.165) is 6.08 Å². The fraction of sp³-hybridized carbons (Fsp3) is 0.286. The summed E-state index contributed by atoms with van der Waals surface area (Å²) in [6, 6.07) is 12.5. The number of ether oxygens (including phenoxy) is 3. The van der Waals surface area contributed by atoms with Gasteiger partial charge in [-0.05, 0) is 29.8 Å². The molecule has 0 bridgehead atoms. The number of phenolic OH excluding ortho intramolecular Hbond substituents is 1. The fourth-order valence-electron chi connectivity index (χ4n) is 2.79. The Labute approximate surface area is 172 Å². The van der Waals surface area contributed by atoms with Crippen LogP contribution in [-0.4, -0.2) is 62.4 Å². The predicted molar refractivity (Wildman–Crippen MR) is 103 cm³/mol. The lowest BCUT2D eigenvalue weighted by atomic mass is 10.0. The van der Waals surface area contributed by atoms with Gasteiger partial charge in [0.25, 0.3) is 0 Å². The van der Waals surface area contributed by atoms with E-state index in [0.29, 0.717) is 11.1 Å². The van der Waals surface area contributed by atoms with Gasteiger partial charge in [0.2, 0.25) is 12.6 Å². The van der Waals surface area contributed by atoms with Crippen molar-refractivity contribution in [2.45, 2.75) is 37.5 Å². The number of rotatable bonds is 6. The van der Waals surface area contributed by atoms with Crippen molar-refractivity contribution in [3.05, 3.63) is 65.7 Å². The smallest absolute Gasteiger partial charge is 0.333 e. The number of carbonyl (C=O) groups is 1. The molecule has 0 amide bonds. The lowest BCUT2D eigenvalue weighted by Gasteiger charge is -2.39. The molecule has 0 saturated carbocycles. The van der Waals surface area contributed by atoms with Crippen LogP contribution in [0.5, 0.6) is 11.5 Å². The topological polar surface area (TPSA) is 146 Å². The highest BCUT2D eigenvalue weighted by molar-refractivity contribution is 5.87. The van der Waals surface area contributed by atoms with Gasteiger partial charge in [-0.1, -0.05) is 30.3 Å². The van der Waals surface area contributed by atoms with Gasteiger partial charge in [-0.2, -0.15) is 0 Å². The number of esters is 1. The van der Waals surface area contributed by atoms with Crippen LogP contribution in [0, 0.1) is 0 Å². The lowest BCUT2D eigenvalue weighted by molar-refractivity contribution is -0.323. The number of aliphatic hydroxyl groups excluding tert-OH is 4. The lowest BCUT2D eigenvalue weighted by Crippen LogP contribution is -2.60. The molecule has 1 aliphatic heterocycles. The SMILES string of the molecule is O=C(C=Cc1ccc(O)cc1)O[C@H]1O[C@@H](Oc2ccccc2CO)[C@H](O)[C@@H](O)[C@@H]1O. The van der Waals surface area contributed by atoms with E-state index in [-0.39, 0.29) is 18.1 Å². The number of aromatic hydroxyl groups is 1. The highest BCUT2D eigenvalue weighted by Crippen LogP contribution is 2.27. The number of phenols is 1. The number of hydrogen-bond acceptors (Lipinski definition) is 9. The molecule has 3 rings (SSSR count). The zero-order valence-electron chi connectivity index (χ0n) is 15.7. The van der Waals surface area contributed by atoms with E-state index in [1.54, 1.807) is 30.3 Å². The minimum Gasteiger partial charge on any atom is -0.508 e. The molecule has 30 heavy (non-hydrogen) atoms. The summed E-state index contributed by atoms with van der Waals surface area (Å²) in [5.74, 6) is -0.593. The highest BCUT2D eigenvalue weighted by atomic mass is 16.8. The van der Waals surface area contributed by atoms with Gasteiger partial charge < -0.3 is 35.0 Å². The zero-order chi connectivity index (χ0) is 21.7. The summed E-state index contributed by atoms with van der Waals surface area (Å²) in [5.41, 5.74) is 1.03. The Morgan fingerprint density at radius 1 is 0.967 bits per heavy atom. The van der Waals surface area contributed by atoms with E-state index in [2.05, 4.69) is 0 Å². The van der Waals surface area contributed by atoms with Crippen LogP contribution < -0.4 is 4.74 Å². The molecule has 9 heteroatoms. The monoisotopic (exact) mass is 418 g/mol. The van der Waals surface area contributed by atoms with Crippen molar-refractivity contribution >= 4 is 12.0 Å². The van der Waals surface area contributed by atoms with E-state index in [1.807, 2.05) is 0 Å². The van der Waals surface area contributed by atoms with Crippen molar-refractivity contribution in [2.75, 3.05) is 0 Å². The molecule has 0 radical (unpaired) electrons. The Morgan fingerprint density at radius 2 is 1.63 bits per heavy atom. The largest absolute Gasteiger partial charge is 0.508 e. The molecule has 1 aliphatic rings. The Balaban J connectivity index is 1.67. The van der Waals surface area contributed by atoms with Crippen LogP contribution in [0.4, 0.5) is 0 Å². The molecular weight excluding hydrogens is 396 g/mol. The first-order valence-corrected chi connectivity index (χ1v) is 9.12. The van der Waals surface area contributed by atoms with E-state index >= 15 is 0 Å². The molecular formula is C21H22O9. The number of benzene rings is 2. The van der Waals surface area contributed by atoms with Crippen LogP contribution in [0.3, 0.4) is 0 Å². The van der Waals surface area contributed by atoms with Gasteiger partial charge in [0, 0.05) is 11.6 Å². The third-order valence-electron chi connectivity index (χ3n) is 4.45. The summed E-state index contributed by atoms with van der Waals surface area (Å²) in [4.78, 5) is 12.1. The Morgan fingerprint density at radius 3 is 2.33 bits per heavy atom. The summed E-state index contributed by atoms with van der Waals surface area (Å²) in [6.45, 7) is -0.329. The molecule has 1 saturated heterocycles. The third-order valence-corrected chi connectivity index (χ3v) is 4.45. The van der Waals surface area contributed by atoms with Crippen molar-refractivity contribution in [2.24, 2.45) is 0 Å². The van der Waals surface area contributed by atoms with Crippen LogP contribution >= 0.6 is 0 Å². The van der Waals surface area contributed by atoms with Crippen molar-refractivity contribution < 1.29 is 44.5 Å². The van der Waals surface area contributed by atoms with Crippen molar-refractivity contribution in [3.8, 4) is 11.5 Å². The van der Waals surface area contributed by atoms with Crippen molar-refractivity contribution in [3.63, 3.8) is 0 Å². The molecule has 160 valence electrons. The first kappa shape index (κ1) is 21.8. The summed E-state index contributed by atoms with van der Waals surface area (Å²) in [6.07, 6.45) is -5.61. The second kappa shape index (κ2) is 9.70. The van der Waals surface area contributed by atoms with Crippen molar-refractivity contribution in [1.82, 2.24) is 0 Å². The molecule has 0 aliphatic carbocycles. The predicted octanol–water partition coefficient (Wildman–Crippen LogP) is 0.285. The van der Waals surface area contributed by atoms with Gasteiger partial charge in [0.05, 0.1) is 6.61 Å². The van der Waals surface area contributed by atoms with Crippen LogP contribution in [0.1, 0.15) is 11.1 Å². The molecule has 2 aromatic rings. The van der Waals surface area contributed by atoms with E-state index in [4.69, 9.17) is 14.2 Å². The third kappa shape index (κ3) is 5.15. The normalized spacial score (nSPS) is 26.5. The van der Waals surface area contributed by atoms with Crippen LogP contribution in [0.25, 0.3) is 6.08 Å². The quantitative estimate of drug-likeness (QED) is 0.330. The molecule has 2 aromatic carbocycles. The maximum absolute atomic E-state index is 12.1. The molecule has 1 fully saturated rings. The Hall–Kier alpha value is -2.95. The first-order chi connectivity index (χ1) is 14.4. The van der Waals surface area contributed by atoms with Gasteiger partial charge in [-0.15, -0.1) is 0 Å². The average molecular weight is 418 g/mol. The van der Waals surface area contributed by atoms with Crippen LogP contribution in [0.15, 0.2) is 54.6 Å². The van der Waals surface area contributed by atoms with E-state index in [1.165, 1.54) is 24.3 Å². The number of carbonyl (C=O) groups excluding carboxylic acids is 1. The maximum atomic E-state index is 12.1. The van der Waals surface area contributed by atoms with Crippen LogP contribution in [0.2, 0.25) is 0 Å². The van der Waals surface area contributed by atoms with Gasteiger partial charge in [-0.3, -0.25) is 4.74 Å². The van der Waals surface area contributed by atoms with Gasteiger partial charge in [0.1, 0.15) is 29.8 Å². The fourth-order valence-corrected chi connectivity index (χ4v) is 2.79. The number of para-hydroxylation sites is 1. The molecule has 9 nitrogen and oxygen atoms in total. The zero-order valence-corrected chi connectivity index (χ0v) is 15.7. The minimum absolute atomic E-state index is 0.0785. The molecule has 0 spiro atoms. The Bertz CT molecular complexity index is 880. The second-order valence-corrected chi connectivity index (χ2v) is 6.59. The summed E-state index contributed by atoms with van der Waals surface area (Å²) < 4.78 is 15.9. The summed E-state index contributed by atoms with van der Waals surface area (Å²) in [5, 5.41) is 49.0. The van der Waals surface area contributed by atoms with Gasteiger partial charge >= 0.3 is 5.97 Å². The standard InChI is InChI=1S/C21H22O9/c22-11-13-3-1-2-4-15(13)28-20-18(26)17(25)19(27)21(30-20)29-16(24)10-7-12-5-8-14(23)9-6-12/h1-10,17-23,25-27H,11H2/t17-,18-,19+,20-,21+/m1/s1.